The maximum Gasteiger partial charge on any atom is 0.244 e. The van der Waals surface area contributed by atoms with Crippen molar-refractivity contribution in [3.63, 3.8) is 0 Å². The van der Waals surface area contributed by atoms with Crippen LogP contribution in [0.25, 0.3) is 0 Å². The highest BCUT2D eigenvalue weighted by Gasteiger charge is 2.11. The molecule has 114 valence electrons. The van der Waals surface area contributed by atoms with Crippen molar-refractivity contribution in [1.82, 2.24) is 25.2 Å². The lowest BCUT2D eigenvalue weighted by Gasteiger charge is -2.16. The first-order chi connectivity index (χ1) is 10.2. The van der Waals surface area contributed by atoms with Crippen LogP contribution in [0.2, 0.25) is 0 Å². The van der Waals surface area contributed by atoms with Crippen LogP contribution in [0.3, 0.4) is 0 Å². The fourth-order valence-electron chi connectivity index (χ4n) is 1.89. The largest absolute Gasteiger partial charge is 0.340 e. The van der Waals surface area contributed by atoms with Crippen molar-refractivity contribution >= 4 is 17.2 Å². The Balaban J connectivity index is 1.81. The van der Waals surface area contributed by atoms with E-state index in [1.165, 1.54) is 0 Å². The van der Waals surface area contributed by atoms with Crippen molar-refractivity contribution in [2.75, 3.05) is 13.6 Å². The van der Waals surface area contributed by atoms with Crippen LogP contribution in [0.1, 0.15) is 24.6 Å². The van der Waals surface area contributed by atoms with Crippen LogP contribution in [0.5, 0.6) is 0 Å². The van der Waals surface area contributed by atoms with Crippen molar-refractivity contribution < 1.29 is 4.79 Å². The lowest BCUT2D eigenvalue weighted by molar-refractivity contribution is -0.131. The summed E-state index contributed by atoms with van der Waals surface area (Å²) in [5.41, 5.74) is 2.01. The van der Waals surface area contributed by atoms with E-state index in [-0.39, 0.29) is 12.5 Å². The maximum absolute atomic E-state index is 12.1. The Morgan fingerprint density at radius 1 is 1.52 bits per heavy atom. The minimum absolute atomic E-state index is 0.0270. The van der Waals surface area contributed by atoms with E-state index in [1.54, 1.807) is 28.0 Å². The number of carbonyl (C=O) groups excluding carboxylic acids is 1. The first-order valence-corrected chi connectivity index (χ1v) is 7.98. The lowest BCUT2D eigenvalue weighted by atomic mass is 10.3. The van der Waals surface area contributed by atoms with Crippen molar-refractivity contribution in [1.29, 1.82) is 0 Å². The third kappa shape index (κ3) is 4.95. The first-order valence-electron chi connectivity index (χ1n) is 7.03. The molecule has 21 heavy (non-hydrogen) atoms. The second-order valence-electron chi connectivity index (χ2n) is 4.97. The van der Waals surface area contributed by atoms with E-state index in [4.69, 9.17) is 0 Å². The van der Waals surface area contributed by atoms with Gasteiger partial charge in [-0.25, -0.2) is 4.68 Å². The average Bonchev–Trinajstić information content (AvgIpc) is 3.11. The van der Waals surface area contributed by atoms with Crippen LogP contribution >= 0.6 is 11.3 Å². The smallest absolute Gasteiger partial charge is 0.244 e. The van der Waals surface area contributed by atoms with E-state index >= 15 is 0 Å². The van der Waals surface area contributed by atoms with Crippen LogP contribution in [0.15, 0.2) is 23.0 Å². The molecule has 2 heterocycles. The van der Waals surface area contributed by atoms with E-state index < -0.39 is 0 Å². The van der Waals surface area contributed by atoms with Crippen LogP contribution in [-0.4, -0.2) is 39.4 Å². The SMILES string of the molecule is CCCNCc1cn(CC(=O)N(C)Cc2ccsc2)nn1. The van der Waals surface area contributed by atoms with Gasteiger partial charge in [-0.1, -0.05) is 12.1 Å². The van der Waals surface area contributed by atoms with Gasteiger partial charge in [0.05, 0.1) is 11.9 Å². The standard InChI is InChI=1S/C14H21N5OS/c1-3-5-15-7-13-9-19(17-16-13)10-14(20)18(2)8-12-4-6-21-11-12/h4,6,9,11,15H,3,5,7-8,10H2,1-2H3. The van der Waals surface area contributed by atoms with Gasteiger partial charge in [-0.2, -0.15) is 11.3 Å². The normalized spacial score (nSPS) is 10.8. The molecule has 2 rings (SSSR count). The zero-order valence-corrected chi connectivity index (χ0v) is 13.3. The molecule has 0 bridgehead atoms. The average molecular weight is 307 g/mol. The Hall–Kier alpha value is -1.73. The highest BCUT2D eigenvalue weighted by Crippen LogP contribution is 2.08. The molecule has 2 aromatic heterocycles. The number of rotatable bonds is 8. The summed E-state index contributed by atoms with van der Waals surface area (Å²) in [7, 11) is 1.81. The zero-order valence-electron chi connectivity index (χ0n) is 12.5. The first kappa shape index (κ1) is 15.7. The molecular weight excluding hydrogens is 286 g/mol. The third-order valence-electron chi connectivity index (χ3n) is 3.04. The van der Waals surface area contributed by atoms with E-state index in [0.29, 0.717) is 13.1 Å². The molecule has 0 unspecified atom stereocenters. The monoisotopic (exact) mass is 307 g/mol. The third-order valence-corrected chi connectivity index (χ3v) is 3.77. The van der Waals surface area contributed by atoms with Gasteiger partial charge in [-0.3, -0.25) is 4.79 Å². The molecule has 2 aromatic rings. The molecule has 7 heteroatoms. The molecule has 0 atom stereocenters. The number of amides is 1. The predicted molar refractivity (Wildman–Crippen MR) is 82.8 cm³/mol. The number of carbonyl (C=O) groups is 1. The van der Waals surface area contributed by atoms with E-state index in [0.717, 1.165) is 24.2 Å². The summed E-state index contributed by atoms with van der Waals surface area (Å²) in [6, 6.07) is 2.03. The second kappa shape index (κ2) is 7.90. The number of nitrogens with zero attached hydrogens (tertiary/aromatic N) is 4. The fraction of sp³-hybridized carbons (Fsp3) is 0.500. The van der Waals surface area contributed by atoms with Gasteiger partial charge in [0.1, 0.15) is 6.54 Å². The molecule has 0 aromatic carbocycles. The van der Waals surface area contributed by atoms with Gasteiger partial charge >= 0.3 is 0 Å². The Morgan fingerprint density at radius 3 is 3.10 bits per heavy atom. The number of thiophene rings is 1. The van der Waals surface area contributed by atoms with Gasteiger partial charge in [-0.15, -0.1) is 5.10 Å². The number of aromatic nitrogens is 3. The zero-order chi connectivity index (χ0) is 15.1. The molecule has 0 spiro atoms. The molecule has 0 radical (unpaired) electrons. The molecule has 0 aliphatic carbocycles. The van der Waals surface area contributed by atoms with Gasteiger partial charge in [0, 0.05) is 20.1 Å². The highest BCUT2D eigenvalue weighted by molar-refractivity contribution is 7.07. The lowest BCUT2D eigenvalue weighted by Crippen LogP contribution is -2.29. The van der Waals surface area contributed by atoms with Crippen LogP contribution in [0.4, 0.5) is 0 Å². The summed E-state index contributed by atoms with van der Waals surface area (Å²) >= 11 is 1.64. The summed E-state index contributed by atoms with van der Waals surface area (Å²) in [5, 5.41) is 15.4. The van der Waals surface area contributed by atoms with Crippen LogP contribution < -0.4 is 5.32 Å². The van der Waals surface area contributed by atoms with Crippen molar-refractivity contribution in [3.05, 3.63) is 34.3 Å². The van der Waals surface area contributed by atoms with Gasteiger partial charge in [0.15, 0.2) is 0 Å². The molecule has 0 saturated carbocycles. The van der Waals surface area contributed by atoms with Gasteiger partial charge in [0.2, 0.25) is 5.91 Å². The summed E-state index contributed by atoms with van der Waals surface area (Å²) in [4.78, 5) is 13.8. The van der Waals surface area contributed by atoms with E-state index in [1.807, 2.05) is 17.6 Å². The van der Waals surface area contributed by atoms with E-state index in [9.17, 15) is 4.79 Å². The van der Waals surface area contributed by atoms with Gasteiger partial charge in [-0.05, 0) is 35.4 Å². The van der Waals surface area contributed by atoms with Crippen molar-refractivity contribution in [3.8, 4) is 0 Å². The maximum atomic E-state index is 12.1. The molecule has 6 nitrogen and oxygen atoms in total. The molecule has 0 aliphatic heterocycles. The summed E-state index contributed by atoms with van der Waals surface area (Å²) < 4.78 is 1.59. The predicted octanol–water partition coefficient (Wildman–Crippen LogP) is 1.50. The highest BCUT2D eigenvalue weighted by atomic mass is 32.1. The van der Waals surface area contributed by atoms with Gasteiger partial charge in [0.25, 0.3) is 0 Å². The minimum atomic E-state index is 0.0270. The van der Waals surface area contributed by atoms with Crippen molar-refractivity contribution in [2.45, 2.75) is 33.0 Å². The summed E-state index contributed by atoms with van der Waals surface area (Å²) in [5.74, 6) is 0.0270. The number of hydrogen-bond donors (Lipinski definition) is 1. The quantitative estimate of drug-likeness (QED) is 0.751. The van der Waals surface area contributed by atoms with E-state index in [2.05, 4.69) is 27.9 Å². The minimum Gasteiger partial charge on any atom is -0.340 e. The molecule has 0 aliphatic rings. The molecule has 0 saturated heterocycles. The molecular formula is C14H21N5OS. The van der Waals surface area contributed by atoms with Gasteiger partial charge < -0.3 is 10.2 Å². The molecule has 0 fully saturated rings. The van der Waals surface area contributed by atoms with Crippen LogP contribution in [-0.2, 0) is 24.4 Å². The number of hydrogen-bond acceptors (Lipinski definition) is 5. The second-order valence-corrected chi connectivity index (χ2v) is 5.75. The Morgan fingerprint density at radius 2 is 2.38 bits per heavy atom. The Bertz CT molecular complexity index is 551. The van der Waals surface area contributed by atoms with Crippen LogP contribution in [0, 0.1) is 0 Å². The molecule has 1 amide bonds. The number of nitrogens with one attached hydrogen (secondary N) is 1. The molecule has 1 N–H and O–H groups in total. The Kier molecular flexibility index (Phi) is 5.89. The van der Waals surface area contributed by atoms with Crippen molar-refractivity contribution in [2.24, 2.45) is 0 Å². The fourth-order valence-corrected chi connectivity index (χ4v) is 2.55. The summed E-state index contributed by atoms with van der Waals surface area (Å²) in [6.07, 6.45) is 2.90. The summed E-state index contributed by atoms with van der Waals surface area (Å²) in [6.45, 7) is 4.61. The number of likely N-dealkylation sites (N-methyl/N-ethyl adjacent to an activating group) is 1. The Labute approximate surface area is 128 Å². The topological polar surface area (TPSA) is 63.1 Å².